The molecule has 3 nitrogen and oxygen atoms in total. The van der Waals surface area contributed by atoms with Gasteiger partial charge < -0.3 is 21.4 Å². The second-order valence-electron chi connectivity index (χ2n) is 3.02. The Morgan fingerprint density at radius 1 is 1.54 bits per heavy atom. The molecule has 0 N–H and O–H groups in total. The van der Waals surface area contributed by atoms with Gasteiger partial charge in [-0.05, 0) is 19.8 Å². The minimum absolute atomic E-state index is 0. The molecule has 0 aliphatic carbocycles. The first kappa shape index (κ1) is 13.4. The fourth-order valence-electron chi connectivity index (χ4n) is 1.64. The standard InChI is InChI=1S/C9H16NO2.Y/c1-3-10(8(2)11)9-4-6-12-7-5-9;/h9H,2-7H2,1H3;/q-1;. The van der Waals surface area contributed by atoms with Crippen molar-refractivity contribution in [3.63, 3.8) is 0 Å². The van der Waals surface area contributed by atoms with Crippen LogP contribution in [0, 0.1) is 6.92 Å². The van der Waals surface area contributed by atoms with Crippen molar-refractivity contribution in [2.45, 2.75) is 25.8 Å². The van der Waals surface area contributed by atoms with Crippen molar-refractivity contribution in [2.75, 3.05) is 19.8 Å². The van der Waals surface area contributed by atoms with Gasteiger partial charge in [-0.15, -0.1) is 0 Å². The van der Waals surface area contributed by atoms with Crippen LogP contribution in [0.1, 0.15) is 19.8 Å². The summed E-state index contributed by atoms with van der Waals surface area (Å²) >= 11 is 0. The third-order valence-electron chi connectivity index (χ3n) is 2.29. The molecule has 1 aliphatic rings. The van der Waals surface area contributed by atoms with Gasteiger partial charge in [0.1, 0.15) is 0 Å². The zero-order valence-electron chi connectivity index (χ0n) is 8.16. The van der Waals surface area contributed by atoms with Crippen LogP contribution in [0.5, 0.6) is 0 Å². The molecule has 0 aromatic carbocycles. The molecule has 0 aromatic heterocycles. The van der Waals surface area contributed by atoms with E-state index in [1.165, 1.54) is 0 Å². The van der Waals surface area contributed by atoms with Crippen molar-refractivity contribution < 1.29 is 42.2 Å². The molecular formula is C9H16NO2Y-. The summed E-state index contributed by atoms with van der Waals surface area (Å²) in [7, 11) is 0. The van der Waals surface area contributed by atoms with Gasteiger partial charge in [0, 0.05) is 58.5 Å². The minimum Gasteiger partial charge on any atom is -0.381 e. The average molecular weight is 259 g/mol. The monoisotopic (exact) mass is 259 g/mol. The largest absolute Gasteiger partial charge is 0.381 e. The van der Waals surface area contributed by atoms with Gasteiger partial charge in [-0.25, -0.2) is 0 Å². The molecule has 0 saturated carbocycles. The summed E-state index contributed by atoms with van der Waals surface area (Å²) in [5, 5.41) is 0. The van der Waals surface area contributed by atoms with Crippen LogP contribution >= 0.6 is 0 Å². The average Bonchev–Trinajstić information content (AvgIpc) is 2.07. The normalized spacial score (nSPS) is 17.6. The summed E-state index contributed by atoms with van der Waals surface area (Å²) in [5.41, 5.74) is 0. The molecule has 1 fully saturated rings. The molecule has 1 heterocycles. The van der Waals surface area contributed by atoms with Crippen LogP contribution in [0.3, 0.4) is 0 Å². The molecule has 1 rings (SSSR count). The Morgan fingerprint density at radius 3 is 2.46 bits per heavy atom. The first-order valence-electron chi connectivity index (χ1n) is 4.46. The topological polar surface area (TPSA) is 29.5 Å². The summed E-state index contributed by atoms with van der Waals surface area (Å²) in [5.74, 6) is -0.0654. The van der Waals surface area contributed by atoms with Crippen LogP contribution in [0.15, 0.2) is 0 Å². The number of amides is 1. The first-order chi connectivity index (χ1) is 5.75. The number of carbonyl (C=O) groups excluding carboxylic acids is 1. The van der Waals surface area contributed by atoms with Crippen LogP contribution in [0.2, 0.25) is 0 Å². The van der Waals surface area contributed by atoms with Crippen molar-refractivity contribution in [3.05, 3.63) is 6.92 Å². The Morgan fingerprint density at radius 2 is 2.08 bits per heavy atom. The summed E-state index contributed by atoms with van der Waals surface area (Å²) < 4.78 is 5.22. The van der Waals surface area contributed by atoms with E-state index >= 15 is 0 Å². The van der Waals surface area contributed by atoms with Gasteiger partial charge in [0.25, 0.3) is 0 Å². The second kappa shape index (κ2) is 6.80. The maximum Gasteiger partial charge on any atom is 0.0825 e. The third-order valence-corrected chi connectivity index (χ3v) is 2.29. The van der Waals surface area contributed by atoms with Crippen LogP contribution in [0.25, 0.3) is 0 Å². The quantitative estimate of drug-likeness (QED) is 0.688. The maximum atomic E-state index is 11.0. The van der Waals surface area contributed by atoms with E-state index in [1.54, 1.807) is 0 Å². The Kier molecular flexibility index (Phi) is 7.01. The van der Waals surface area contributed by atoms with Crippen LogP contribution in [-0.2, 0) is 42.2 Å². The molecule has 0 unspecified atom stereocenters. The van der Waals surface area contributed by atoms with Gasteiger partial charge in [0.15, 0.2) is 0 Å². The third kappa shape index (κ3) is 3.96. The molecule has 73 valence electrons. The molecule has 1 saturated heterocycles. The summed E-state index contributed by atoms with van der Waals surface area (Å²) in [4.78, 5) is 12.9. The van der Waals surface area contributed by atoms with E-state index in [1.807, 2.05) is 11.8 Å². The predicted molar refractivity (Wildman–Crippen MR) is 46.6 cm³/mol. The molecule has 1 aliphatic heterocycles. The van der Waals surface area contributed by atoms with Crippen molar-refractivity contribution in [3.8, 4) is 0 Å². The van der Waals surface area contributed by atoms with Crippen molar-refractivity contribution in [1.29, 1.82) is 0 Å². The molecule has 13 heavy (non-hydrogen) atoms. The molecule has 1 radical (unpaired) electrons. The van der Waals surface area contributed by atoms with E-state index in [0.717, 1.165) is 32.6 Å². The molecule has 0 bridgehead atoms. The minimum atomic E-state index is -0.0654. The van der Waals surface area contributed by atoms with Crippen molar-refractivity contribution >= 4 is 5.91 Å². The molecule has 4 heteroatoms. The maximum absolute atomic E-state index is 11.0. The number of hydrogen-bond donors (Lipinski definition) is 0. The van der Waals surface area contributed by atoms with Crippen LogP contribution < -0.4 is 0 Å². The Hall–Kier alpha value is 0.404. The first-order valence-corrected chi connectivity index (χ1v) is 4.46. The Balaban J connectivity index is 0.00000144. The molecule has 1 amide bonds. The summed E-state index contributed by atoms with van der Waals surface area (Å²) in [6.07, 6.45) is 1.91. The smallest absolute Gasteiger partial charge is 0.0825 e. The molecule has 0 aromatic rings. The fourth-order valence-corrected chi connectivity index (χ4v) is 1.64. The summed E-state index contributed by atoms with van der Waals surface area (Å²) in [6, 6.07) is 0.355. The number of nitrogens with zero attached hydrogens (tertiary/aromatic N) is 1. The SMILES string of the molecule is [CH2-]C(=O)N(CC)C1CCOCC1.[Y]. The predicted octanol–water partition coefficient (Wildman–Crippen LogP) is 0.845. The van der Waals surface area contributed by atoms with Gasteiger partial charge in [0.2, 0.25) is 0 Å². The molecule has 0 spiro atoms. The number of rotatable bonds is 2. The van der Waals surface area contributed by atoms with E-state index < -0.39 is 0 Å². The zero-order valence-corrected chi connectivity index (χ0v) is 11.0. The van der Waals surface area contributed by atoms with E-state index in [0.29, 0.717) is 6.04 Å². The van der Waals surface area contributed by atoms with Gasteiger partial charge >= 0.3 is 0 Å². The van der Waals surface area contributed by atoms with E-state index in [4.69, 9.17) is 4.74 Å². The van der Waals surface area contributed by atoms with E-state index in [-0.39, 0.29) is 38.6 Å². The van der Waals surface area contributed by atoms with Gasteiger partial charge in [-0.2, -0.15) is 0 Å². The summed E-state index contributed by atoms with van der Waals surface area (Å²) in [6.45, 7) is 7.72. The van der Waals surface area contributed by atoms with Crippen LogP contribution in [-0.4, -0.2) is 36.6 Å². The number of carbonyl (C=O) groups is 1. The number of ether oxygens (including phenoxy) is 1. The van der Waals surface area contributed by atoms with Gasteiger partial charge in [0.05, 0.1) is 5.91 Å². The molecular weight excluding hydrogens is 243 g/mol. The molecule has 0 atom stereocenters. The van der Waals surface area contributed by atoms with Crippen molar-refractivity contribution in [2.24, 2.45) is 0 Å². The fraction of sp³-hybridized carbons (Fsp3) is 0.778. The van der Waals surface area contributed by atoms with Gasteiger partial charge in [-0.1, -0.05) is 0 Å². The van der Waals surface area contributed by atoms with E-state index in [9.17, 15) is 4.79 Å². The van der Waals surface area contributed by atoms with Crippen molar-refractivity contribution in [1.82, 2.24) is 4.90 Å². The Labute approximate surface area is 105 Å². The Bertz CT molecular complexity index is 158. The zero-order chi connectivity index (χ0) is 8.97. The van der Waals surface area contributed by atoms with Crippen LogP contribution in [0.4, 0.5) is 0 Å². The second-order valence-corrected chi connectivity index (χ2v) is 3.02. The van der Waals surface area contributed by atoms with E-state index in [2.05, 4.69) is 6.92 Å². The van der Waals surface area contributed by atoms with Gasteiger partial charge in [-0.3, -0.25) is 0 Å². The number of hydrogen-bond acceptors (Lipinski definition) is 2.